The molecule has 8 rings (SSSR count). The first kappa shape index (κ1) is 39.4. The number of nitrogens with one attached hydrogen (secondary N) is 3. The van der Waals surface area contributed by atoms with Gasteiger partial charge in [-0.1, -0.05) is 12.1 Å². The third kappa shape index (κ3) is 7.80. The van der Waals surface area contributed by atoms with Gasteiger partial charge >= 0.3 is 0 Å². The van der Waals surface area contributed by atoms with Gasteiger partial charge in [0.25, 0.3) is 0 Å². The van der Waals surface area contributed by atoms with Crippen LogP contribution < -0.4 is 20.3 Å². The number of aryl methyl sites for hydroxylation is 1. The summed E-state index contributed by atoms with van der Waals surface area (Å²) in [6, 6.07) is 10.8. The van der Waals surface area contributed by atoms with Crippen molar-refractivity contribution in [3.63, 3.8) is 0 Å². The highest BCUT2D eigenvalue weighted by Crippen LogP contribution is 2.42. The van der Waals surface area contributed by atoms with Crippen molar-refractivity contribution in [1.82, 2.24) is 25.0 Å². The quantitative estimate of drug-likeness (QED) is 0.0969. The topological polar surface area (TPSA) is 142 Å². The molecule has 0 bridgehead atoms. The minimum absolute atomic E-state index is 0.0736. The van der Waals surface area contributed by atoms with Crippen LogP contribution >= 0.6 is 0 Å². The highest BCUT2D eigenvalue weighted by Gasteiger charge is 2.31. The Morgan fingerprint density at radius 3 is 2.56 bits per heavy atom. The lowest BCUT2D eigenvalue weighted by Gasteiger charge is -2.35. The number of piperidine rings is 2. The zero-order valence-corrected chi connectivity index (χ0v) is 32.7. The predicted molar refractivity (Wildman–Crippen MR) is 217 cm³/mol. The van der Waals surface area contributed by atoms with Crippen molar-refractivity contribution in [1.29, 1.82) is 0 Å². The molecule has 15 heteroatoms. The average molecular weight is 808 g/mol. The molecule has 59 heavy (non-hydrogen) atoms. The van der Waals surface area contributed by atoms with Crippen molar-refractivity contribution in [2.75, 3.05) is 43.5 Å². The molecule has 2 saturated heterocycles. The number of hydrogen-bond donors (Lipinski definition) is 3. The molecular weight excluding hydrogens is 764 g/mol. The maximum atomic E-state index is 16.5. The average Bonchev–Trinajstić information content (AvgIpc) is 3.94. The van der Waals surface area contributed by atoms with Gasteiger partial charge in [0.15, 0.2) is 12.1 Å². The van der Waals surface area contributed by atoms with Gasteiger partial charge in [0.05, 0.1) is 29.7 Å². The maximum absolute atomic E-state index is 16.5. The highest BCUT2D eigenvalue weighted by molar-refractivity contribution is 6.03. The number of carbonyl (C=O) groups excluding carboxylic acids is 4. The Kier molecular flexibility index (Phi) is 11.0. The normalized spacial score (nSPS) is 17.6. The van der Waals surface area contributed by atoms with E-state index in [2.05, 4.69) is 20.7 Å². The van der Waals surface area contributed by atoms with Crippen LogP contribution in [0.5, 0.6) is 5.75 Å². The van der Waals surface area contributed by atoms with E-state index >= 15 is 13.2 Å². The molecule has 0 radical (unpaired) electrons. The first-order valence-electron chi connectivity index (χ1n) is 19.8. The van der Waals surface area contributed by atoms with E-state index in [4.69, 9.17) is 4.74 Å². The summed E-state index contributed by atoms with van der Waals surface area (Å²) in [4.78, 5) is 55.5. The molecule has 0 spiro atoms. The smallest absolute Gasteiger partial charge is 0.249 e. The number of fused-ring (bicyclic) bond motifs is 1. The van der Waals surface area contributed by atoms with Crippen LogP contribution in [-0.2, 0) is 20.9 Å². The Morgan fingerprint density at radius 1 is 1.02 bits per heavy atom. The Morgan fingerprint density at radius 2 is 1.83 bits per heavy atom. The van der Waals surface area contributed by atoms with Crippen LogP contribution in [0.2, 0.25) is 0 Å². The fourth-order valence-corrected chi connectivity index (χ4v) is 8.57. The van der Waals surface area contributed by atoms with Gasteiger partial charge in [0.2, 0.25) is 17.7 Å². The zero-order chi connectivity index (χ0) is 41.4. The van der Waals surface area contributed by atoms with Crippen molar-refractivity contribution >= 4 is 51.9 Å². The molecular formula is C44H44F3N7O5. The number of hydrogen-bond acceptors (Lipinski definition) is 8. The largest absolute Gasteiger partial charge is 0.495 e. The van der Waals surface area contributed by atoms with Crippen LogP contribution in [0.15, 0.2) is 60.9 Å². The van der Waals surface area contributed by atoms with E-state index in [0.717, 1.165) is 0 Å². The third-order valence-electron chi connectivity index (χ3n) is 11.8. The number of rotatable bonds is 11. The second-order valence-corrected chi connectivity index (χ2v) is 15.3. The lowest BCUT2D eigenvalue weighted by atomic mass is 9.88. The summed E-state index contributed by atoms with van der Waals surface area (Å²) in [5.41, 5.74) is 3.80. The lowest BCUT2D eigenvalue weighted by Crippen LogP contribution is -2.47. The van der Waals surface area contributed by atoms with Crippen LogP contribution in [0.4, 0.5) is 24.5 Å². The van der Waals surface area contributed by atoms with Gasteiger partial charge in [-0.25, -0.2) is 13.2 Å². The molecule has 0 aliphatic carbocycles. The minimum atomic E-state index is -0.700. The maximum Gasteiger partial charge on any atom is 0.249 e. The Bertz CT molecular complexity index is 2490. The fraction of sp³-hybridized carbons (Fsp3) is 0.341. The summed E-state index contributed by atoms with van der Waals surface area (Å²) in [6.45, 7) is 3.71. The molecule has 2 aromatic heterocycles. The number of amides is 3. The Labute approximate surface area is 338 Å². The van der Waals surface area contributed by atoms with Crippen molar-refractivity contribution in [3.8, 4) is 16.9 Å². The second-order valence-electron chi connectivity index (χ2n) is 15.3. The van der Waals surface area contributed by atoms with Crippen LogP contribution in [0, 0.1) is 24.4 Å². The molecule has 3 aliphatic heterocycles. The van der Waals surface area contributed by atoms with Crippen molar-refractivity contribution in [2.24, 2.45) is 0 Å². The molecule has 306 valence electrons. The van der Waals surface area contributed by atoms with E-state index in [1.54, 1.807) is 59.2 Å². The molecule has 0 saturated carbocycles. The van der Waals surface area contributed by atoms with E-state index in [1.165, 1.54) is 13.2 Å². The Hall–Kier alpha value is -6.38. The number of imide groups is 1. The summed E-state index contributed by atoms with van der Waals surface area (Å²) >= 11 is 0. The molecule has 3 aliphatic rings. The second kappa shape index (κ2) is 16.5. The summed E-state index contributed by atoms with van der Waals surface area (Å²) < 4.78 is 55.8. The van der Waals surface area contributed by atoms with E-state index in [-0.39, 0.29) is 60.3 Å². The van der Waals surface area contributed by atoms with Gasteiger partial charge in [0, 0.05) is 75.0 Å². The van der Waals surface area contributed by atoms with Gasteiger partial charge in [-0.15, -0.1) is 0 Å². The lowest BCUT2D eigenvalue weighted by molar-refractivity contribution is -0.134. The zero-order valence-electron chi connectivity index (χ0n) is 32.7. The standard InChI is InChI=1S/C44H44F3N7O5/c1-25-29(32-20-31(42(47)43-33(32)19-28(24-55)49-43)27-5-3-14-53(23-27)40(57)12-18-54-15-4-13-48-54)6-8-37(41(25)46)52-16-10-26(11-17-52)30-21-38(59-2)36(22-34(30)45)50-35-7-9-39(56)51-44(35)58/h4-6,8,13,15,19-22,24,26,35,49-50H,3,7,9-12,14,16-18,23H2,1-2H3,(H,51,56,58). The first-order chi connectivity index (χ1) is 28.5. The number of methoxy groups -OCH3 is 1. The predicted octanol–water partition coefficient (Wildman–Crippen LogP) is 6.89. The summed E-state index contributed by atoms with van der Waals surface area (Å²) in [6.07, 6.45) is 8.29. The molecule has 2 fully saturated rings. The molecule has 5 aromatic rings. The van der Waals surface area contributed by atoms with Crippen molar-refractivity contribution in [2.45, 2.75) is 64.0 Å². The molecule has 3 N–H and O–H groups in total. The van der Waals surface area contributed by atoms with Crippen molar-refractivity contribution < 1.29 is 37.1 Å². The Balaban J connectivity index is 1.02. The number of anilines is 2. The molecule has 12 nitrogen and oxygen atoms in total. The molecule has 3 amide bonds. The molecule has 1 unspecified atom stereocenters. The summed E-state index contributed by atoms with van der Waals surface area (Å²) in [5, 5.41) is 9.90. The SMILES string of the molecule is COc1cc(C2CCN(c3ccc(-c4cc(C5=CCCN(C(=O)CCn6cccn6)C5)c(F)c5[nH]c(C=O)cc45)c(C)c3F)CC2)c(F)cc1NC1CCC(=O)NC1=O. The van der Waals surface area contributed by atoms with Crippen LogP contribution in [0.3, 0.4) is 0 Å². The number of carbonyl (C=O) groups is 4. The van der Waals surface area contributed by atoms with E-state index in [1.807, 2.05) is 17.0 Å². The number of aldehydes is 1. The highest BCUT2D eigenvalue weighted by atomic mass is 19.1. The number of ether oxygens (including phenoxy) is 1. The third-order valence-corrected chi connectivity index (χ3v) is 11.8. The van der Waals surface area contributed by atoms with Crippen molar-refractivity contribution in [3.05, 3.63) is 101 Å². The van der Waals surface area contributed by atoms with E-state index < -0.39 is 29.4 Å². The number of nitrogens with zero attached hydrogens (tertiary/aromatic N) is 4. The van der Waals surface area contributed by atoms with Gasteiger partial charge in [-0.05, 0) is 96.7 Å². The number of H-pyrrole nitrogens is 1. The fourth-order valence-electron chi connectivity index (χ4n) is 8.57. The molecule has 3 aromatic carbocycles. The van der Waals surface area contributed by atoms with E-state index in [0.29, 0.717) is 102 Å². The van der Waals surface area contributed by atoms with Crippen LogP contribution in [0.1, 0.15) is 71.6 Å². The van der Waals surface area contributed by atoms with Gasteiger partial charge in [0.1, 0.15) is 23.4 Å². The van der Waals surface area contributed by atoms with Crippen LogP contribution in [0.25, 0.3) is 27.6 Å². The summed E-state index contributed by atoms with van der Waals surface area (Å²) in [5.74, 6) is -2.13. The number of aromatic nitrogens is 3. The number of aromatic amines is 1. The minimum Gasteiger partial charge on any atom is -0.495 e. The molecule has 5 heterocycles. The number of benzene rings is 3. The van der Waals surface area contributed by atoms with Gasteiger partial charge in [-0.3, -0.25) is 29.2 Å². The first-order valence-corrected chi connectivity index (χ1v) is 19.8. The van der Waals surface area contributed by atoms with Gasteiger partial charge < -0.3 is 24.8 Å². The van der Waals surface area contributed by atoms with E-state index in [9.17, 15) is 19.2 Å². The van der Waals surface area contributed by atoms with Gasteiger partial charge in [-0.2, -0.15) is 5.10 Å². The monoisotopic (exact) mass is 807 g/mol. The van der Waals surface area contributed by atoms with Crippen LogP contribution in [-0.4, -0.2) is 83.0 Å². The molecule has 1 atom stereocenters. The number of halogens is 3. The summed E-state index contributed by atoms with van der Waals surface area (Å²) in [7, 11) is 1.47.